The number of thioether (sulfide) groups is 1. The Labute approximate surface area is 166 Å². The van der Waals surface area contributed by atoms with Crippen LogP contribution in [0.15, 0.2) is 35.1 Å². The third kappa shape index (κ3) is 4.09. The monoisotopic (exact) mass is 401 g/mol. The zero-order chi connectivity index (χ0) is 19.6. The molecule has 0 saturated carbocycles. The summed E-state index contributed by atoms with van der Waals surface area (Å²) in [7, 11) is 0. The van der Waals surface area contributed by atoms with Crippen molar-refractivity contribution >= 4 is 44.9 Å². The standard InChI is InChI=1S/C20H23N3O2S2/c1-5-23(15-9-7-6-8-10-15)20(25)14(4)26-11-16-21-18(24)17-12(2)13(3)27-19(17)22-16/h6-10,14H,5,11H2,1-4H3,(H,21,22,24). The van der Waals surface area contributed by atoms with Crippen LogP contribution in [0.2, 0.25) is 0 Å². The fourth-order valence-corrected chi connectivity index (χ4v) is 4.80. The largest absolute Gasteiger partial charge is 0.312 e. The number of carbonyl (C=O) groups is 1. The second-order valence-electron chi connectivity index (χ2n) is 6.35. The van der Waals surface area contributed by atoms with E-state index < -0.39 is 0 Å². The summed E-state index contributed by atoms with van der Waals surface area (Å²) in [6.07, 6.45) is 0. The maximum atomic E-state index is 12.8. The smallest absolute Gasteiger partial charge is 0.259 e. The maximum absolute atomic E-state index is 12.8. The second-order valence-corrected chi connectivity index (χ2v) is 8.88. The van der Waals surface area contributed by atoms with Gasteiger partial charge in [-0.05, 0) is 45.4 Å². The van der Waals surface area contributed by atoms with Crippen LogP contribution < -0.4 is 10.5 Å². The highest BCUT2D eigenvalue weighted by Crippen LogP contribution is 2.27. The minimum atomic E-state index is -0.238. The molecule has 142 valence electrons. The zero-order valence-corrected chi connectivity index (χ0v) is 17.5. The van der Waals surface area contributed by atoms with Gasteiger partial charge in [0.05, 0.1) is 16.4 Å². The van der Waals surface area contributed by atoms with Crippen molar-refractivity contribution in [2.24, 2.45) is 0 Å². The molecule has 0 saturated heterocycles. The fourth-order valence-electron chi connectivity index (χ4n) is 2.94. The summed E-state index contributed by atoms with van der Waals surface area (Å²) in [5.41, 5.74) is 1.79. The Morgan fingerprint density at radius 3 is 2.67 bits per heavy atom. The van der Waals surface area contributed by atoms with E-state index in [2.05, 4.69) is 9.97 Å². The van der Waals surface area contributed by atoms with Crippen LogP contribution in [0, 0.1) is 13.8 Å². The first-order valence-corrected chi connectivity index (χ1v) is 10.8. The molecule has 2 heterocycles. The van der Waals surface area contributed by atoms with E-state index in [-0.39, 0.29) is 16.7 Å². The number of anilines is 1. The van der Waals surface area contributed by atoms with Gasteiger partial charge in [-0.3, -0.25) is 9.59 Å². The number of hydrogen-bond donors (Lipinski definition) is 1. The number of hydrogen-bond acceptors (Lipinski definition) is 5. The molecule has 0 fully saturated rings. The first-order valence-electron chi connectivity index (χ1n) is 8.89. The highest BCUT2D eigenvalue weighted by Gasteiger charge is 2.21. The van der Waals surface area contributed by atoms with Gasteiger partial charge in [0.25, 0.3) is 5.56 Å². The lowest BCUT2D eigenvalue weighted by molar-refractivity contribution is -0.117. The number of aromatic amines is 1. The highest BCUT2D eigenvalue weighted by atomic mass is 32.2. The van der Waals surface area contributed by atoms with Crippen molar-refractivity contribution in [2.75, 3.05) is 11.4 Å². The normalized spacial score (nSPS) is 12.3. The van der Waals surface area contributed by atoms with Gasteiger partial charge in [0.2, 0.25) is 5.91 Å². The lowest BCUT2D eigenvalue weighted by atomic mass is 10.2. The molecule has 27 heavy (non-hydrogen) atoms. The molecule has 7 heteroatoms. The summed E-state index contributed by atoms with van der Waals surface area (Å²) in [5.74, 6) is 1.15. The third-order valence-electron chi connectivity index (χ3n) is 4.56. The molecule has 1 N–H and O–H groups in total. The predicted molar refractivity (Wildman–Crippen MR) is 115 cm³/mol. The number of thiophene rings is 1. The van der Waals surface area contributed by atoms with Crippen LogP contribution >= 0.6 is 23.1 Å². The number of fused-ring (bicyclic) bond motifs is 1. The van der Waals surface area contributed by atoms with Gasteiger partial charge in [-0.15, -0.1) is 23.1 Å². The molecule has 0 aliphatic carbocycles. The minimum absolute atomic E-state index is 0.0555. The number of aromatic nitrogens is 2. The number of carbonyl (C=O) groups excluding carboxylic acids is 1. The van der Waals surface area contributed by atoms with Gasteiger partial charge in [0.1, 0.15) is 10.7 Å². The van der Waals surface area contributed by atoms with Crippen molar-refractivity contribution in [3.8, 4) is 0 Å². The first kappa shape index (κ1) is 19.6. The van der Waals surface area contributed by atoms with Crippen LogP contribution in [0.5, 0.6) is 0 Å². The lowest BCUT2D eigenvalue weighted by Gasteiger charge is -2.24. The van der Waals surface area contributed by atoms with Crippen molar-refractivity contribution < 1.29 is 4.79 Å². The van der Waals surface area contributed by atoms with Gasteiger partial charge in [-0.1, -0.05) is 18.2 Å². The summed E-state index contributed by atoms with van der Waals surface area (Å²) in [6.45, 7) is 8.43. The van der Waals surface area contributed by atoms with Crippen LogP contribution in [0.3, 0.4) is 0 Å². The van der Waals surface area contributed by atoms with Crippen LogP contribution in [0.1, 0.15) is 30.1 Å². The summed E-state index contributed by atoms with van der Waals surface area (Å²) >= 11 is 3.02. The second kappa shape index (κ2) is 8.27. The van der Waals surface area contributed by atoms with E-state index in [1.54, 1.807) is 4.90 Å². The Hall–Kier alpha value is -2.12. The molecule has 1 unspecified atom stereocenters. The van der Waals surface area contributed by atoms with E-state index in [0.29, 0.717) is 23.5 Å². The maximum Gasteiger partial charge on any atom is 0.259 e. The molecule has 5 nitrogen and oxygen atoms in total. The number of aryl methyl sites for hydroxylation is 2. The number of benzene rings is 1. The van der Waals surface area contributed by atoms with E-state index >= 15 is 0 Å². The molecule has 2 aromatic heterocycles. The number of rotatable bonds is 6. The number of nitrogens with one attached hydrogen (secondary N) is 1. The Kier molecular flexibility index (Phi) is 6.01. The Morgan fingerprint density at radius 1 is 1.30 bits per heavy atom. The Morgan fingerprint density at radius 2 is 2.00 bits per heavy atom. The van der Waals surface area contributed by atoms with Crippen LogP contribution in [-0.2, 0) is 10.5 Å². The molecule has 3 rings (SSSR count). The quantitative estimate of drug-likeness (QED) is 0.670. The van der Waals surface area contributed by atoms with E-state index in [4.69, 9.17) is 0 Å². The molecule has 1 amide bonds. The molecule has 0 radical (unpaired) electrons. The molecule has 1 atom stereocenters. The SMILES string of the molecule is CCN(C(=O)C(C)SCc1nc2sc(C)c(C)c2c(=O)[nH]1)c1ccccc1. The average molecular weight is 402 g/mol. The van der Waals surface area contributed by atoms with E-state index in [1.807, 2.05) is 58.0 Å². The minimum Gasteiger partial charge on any atom is -0.312 e. The molecule has 0 aliphatic heterocycles. The molecule has 0 bridgehead atoms. The van der Waals surface area contributed by atoms with Gasteiger partial charge in [0, 0.05) is 17.1 Å². The van der Waals surface area contributed by atoms with Gasteiger partial charge < -0.3 is 9.88 Å². The molecular weight excluding hydrogens is 378 g/mol. The van der Waals surface area contributed by atoms with E-state index in [9.17, 15) is 9.59 Å². The summed E-state index contributed by atoms with van der Waals surface area (Å²) in [4.78, 5) is 36.3. The molecule has 1 aromatic carbocycles. The van der Waals surface area contributed by atoms with Crippen molar-refractivity contribution in [2.45, 2.75) is 38.7 Å². The zero-order valence-electron chi connectivity index (χ0n) is 15.9. The van der Waals surface area contributed by atoms with Gasteiger partial charge >= 0.3 is 0 Å². The van der Waals surface area contributed by atoms with Crippen LogP contribution in [0.25, 0.3) is 10.2 Å². The van der Waals surface area contributed by atoms with Crippen molar-refractivity contribution in [3.05, 3.63) is 57.0 Å². The Bertz CT molecular complexity index is 1010. The van der Waals surface area contributed by atoms with Crippen LogP contribution in [0.4, 0.5) is 5.69 Å². The van der Waals surface area contributed by atoms with Gasteiger partial charge in [0.15, 0.2) is 0 Å². The first-order chi connectivity index (χ1) is 12.9. The summed E-state index contributed by atoms with van der Waals surface area (Å²) in [6, 6.07) is 9.67. The molecule has 3 aromatic rings. The summed E-state index contributed by atoms with van der Waals surface area (Å²) in [5, 5.41) is 0.439. The Balaban J connectivity index is 1.73. The number of nitrogens with zero attached hydrogens (tertiary/aromatic N) is 2. The van der Waals surface area contributed by atoms with Gasteiger partial charge in [-0.25, -0.2) is 4.98 Å². The number of amides is 1. The van der Waals surface area contributed by atoms with E-state index in [0.717, 1.165) is 21.0 Å². The van der Waals surface area contributed by atoms with E-state index in [1.165, 1.54) is 23.1 Å². The molecular formula is C20H23N3O2S2. The van der Waals surface area contributed by atoms with Crippen molar-refractivity contribution in [1.82, 2.24) is 9.97 Å². The van der Waals surface area contributed by atoms with Crippen molar-refractivity contribution in [3.63, 3.8) is 0 Å². The number of para-hydroxylation sites is 1. The highest BCUT2D eigenvalue weighted by molar-refractivity contribution is 7.99. The fraction of sp³-hybridized carbons (Fsp3) is 0.350. The predicted octanol–water partition coefficient (Wildman–Crippen LogP) is 4.28. The van der Waals surface area contributed by atoms with Gasteiger partial charge in [-0.2, -0.15) is 0 Å². The third-order valence-corrected chi connectivity index (χ3v) is 6.80. The van der Waals surface area contributed by atoms with Crippen molar-refractivity contribution in [1.29, 1.82) is 0 Å². The summed E-state index contributed by atoms with van der Waals surface area (Å²) < 4.78 is 0. The average Bonchev–Trinajstić information content (AvgIpc) is 2.95. The molecule has 0 aliphatic rings. The number of H-pyrrole nitrogens is 1. The molecule has 0 spiro atoms. The van der Waals surface area contributed by atoms with Crippen LogP contribution in [-0.4, -0.2) is 27.7 Å². The lowest BCUT2D eigenvalue weighted by Crippen LogP contribution is -2.36. The topological polar surface area (TPSA) is 66.1 Å².